The summed E-state index contributed by atoms with van der Waals surface area (Å²) >= 11 is 3.20. The van der Waals surface area contributed by atoms with Crippen molar-refractivity contribution in [3.63, 3.8) is 0 Å². The van der Waals surface area contributed by atoms with Crippen LogP contribution in [0.1, 0.15) is 27.2 Å². The lowest BCUT2D eigenvalue weighted by atomic mass is 10.1. The first-order chi connectivity index (χ1) is 15.8. The Balaban J connectivity index is 2.00. The van der Waals surface area contributed by atoms with Gasteiger partial charge in [0.15, 0.2) is 0 Å². The van der Waals surface area contributed by atoms with Gasteiger partial charge in [0.25, 0.3) is 11.5 Å². The van der Waals surface area contributed by atoms with E-state index in [4.69, 9.17) is 9.84 Å². The number of hydrogen-bond donors (Lipinski definition) is 3. The van der Waals surface area contributed by atoms with Crippen LogP contribution < -0.4 is 15.6 Å². The monoisotopic (exact) mass is 522 g/mol. The number of pyridine rings is 1. The van der Waals surface area contributed by atoms with E-state index in [1.807, 2.05) is 0 Å². The van der Waals surface area contributed by atoms with Gasteiger partial charge in [0.2, 0.25) is 0 Å². The van der Waals surface area contributed by atoms with Crippen LogP contribution in [0.2, 0.25) is 0 Å². The number of nitrogens with zero attached hydrogens (tertiary/aromatic N) is 1. The minimum Gasteiger partial charge on any atom is -0.487 e. The van der Waals surface area contributed by atoms with Gasteiger partial charge < -0.3 is 20.3 Å². The molecule has 1 amide bonds. The number of hydrogen-bond acceptors (Lipinski definition) is 5. The predicted octanol–water partition coefficient (Wildman–Crippen LogP) is 2.98. The number of aryl methyl sites for hydroxylation is 1. The first-order valence-corrected chi connectivity index (χ1v) is 10.7. The standard InChI is InChI=1S/C23H21BrF2N2O5/c1-13-2-3-14(22(31)27-6-7-29)8-19(13)28-17(11-30)10-20(21(24)23(28)32)33-12-15-4-5-16(25)9-18(15)26/h2-5,8-10,29-30H,6-7,11-12H2,1H3,(H,27,31). The third kappa shape index (κ3) is 5.47. The Kier molecular flexibility index (Phi) is 7.96. The van der Waals surface area contributed by atoms with Crippen LogP contribution >= 0.6 is 15.9 Å². The number of ether oxygens (including phenoxy) is 1. The Morgan fingerprint density at radius 3 is 2.58 bits per heavy atom. The van der Waals surface area contributed by atoms with Crippen LogP contribution in [0.15, 0.2) is 51.7 Å². The number of halogens is 3. The summed E-state index contributed by atoms with van der Waals surface area (Å²) in [6, 6.07) is 9.24. The highest BCUT2D eigenvalue weighted by atomic mass is 79.9. The SMILES string of the molecule is Cc1ccc(C(=O)NCCO)cc1-n1c(CO)cc(OCc2ccc(F)cc2F)c(Br)c1=O. The van der Waals surface area contributed by atoms with E-state index in [1.54, 1.807) is 19.1 Å². The molecule has 0 saturated heterocycles. The largest absolute Gasteiger partial charge is 0.487 e. The van der Waals surface area contributed by atoms with Crippen molar-refractivity contribution in [1.29, 1.82) is 0 Å². The maximum atomic E-state index is 13.9. The van der Waals surface area contributed by atoms with Crippen molar-refractivity contribution in [3.8, 4) is 11.4 Å². The van der Waals surface area contributed by atoms with Crippen LogP contribution in [0.4, 0.5) is 8.78 Å². The molecular weight excluding hydrogens is 502 g/mol. The highest BCUT2D eigenvalue weighted by Gasteiger charge is 2.18. The quantitative estimate of drug-likeness (QED) is 0.422. The summed E-state index contributed by atoms with van der Waals surface area (Å²) in [5.41, 5.74) is 1.01. The number of amides is 1. The van der Waals surface area contributed by atoms with Gasteiger partial charge in [-0.15, -0.1) is 0 Å². The molecule has 0 unspecified atom stereocenters. The summed E-state index contributed by atoms with van der Waals surface area (Å²) in [7, 11) is 0. The molecule has 3 rings (SSSR count). The van der Waals surface area contributed by atoms with Crippen molar-refractivity contribution >= 4 is 21.8 Å². The topological polar surface area (TPSA) is 101 Å². The summed E-state index contributed by atoms with van der Waals surface area (Å²) in [6.45, 7) is 0.821. The number of rotatable bonds is 8. The highest BCUT2D eigenvalue weighted by Crippen LogP contribution is 2.27. The molecule has 174 valence electrons. The molecule has 33 heavy (non-hydrogen) atoms. The fourth-order valence-electron chi connectivity index (χ4n) is 3.16. The highest BCUT2D eigenvalue weighted by molar-refractivity contribution is 9.10. The maximum absolute atomic E-state index is 13.9. The Labute approximate surface area is 196 Å². The molecule has 0 bridgehead atoms. The number of aromatic nitrogens is 1. The van der Waals surface area contributed by atoms with Crippen molar-refractivity contribution in [2.24, 2.45) is 0 Å². The molecule has 0 aliphatic carbocycles. The van der Waals surface area contributed by atoms with Gasteiger partial charge in [-0.05, 0) is 52.7 Å². The number of nitrogens with one attached hydrogen (secondary N) is 1. The van der Waals surface area contributed by atoms with Crippen molar-refractivity contribution < 1.29 is 28.5 Å². The minimum absolute atomic E-state index is 0.0248. The van der Waals surface area contributed by atoms with Crippen LogP contribution in [0.5, 0.6) is 5.75 Å². The van der Waals surface area contributed by atoms with Crippen LogP contribution in [-0.4, -0.2) is 33.8 Å². The maximum Gasteiger partial charge on any atom is 0.273 e. The van der Waals surface area contributed by atoms with Gasteiger partial charge in [-0.25, -0.2) is 8.78 Å². The van der Waals surface area contributed by atoms with Gasteiger partial charge in [-0.2, -0.15) is 0 Å². The zero-order chi connectivity index (χ0) is 24.1. The number of carbonyl (C=O) groups excluding carboxylic acids is 1. The molecule has 3 aromatic rings. The normalized spacial score (nSPS) is 10.8. The average molecular weight is 523 g/mol. The van der Waals surface area contributed by atoms with E-state index in [-0.39, 0.29) is 46.8 Å². The van der Waals surface area contributed by atoms with Gasteiger partial charge >= 0.3 is 0 Å². The van der Waals surface area contributed by atoms with Crippen LogP contribution in [0.3, 0.4) is 0 Å². The second-order valence-electron chi connectivity index (χ2n) is 7.12. The lowest BCUT2D eigenvalue weighted by Crippen LogP contribution is -2.27. The lowest BCUT2D eigenvalue weighted by Gasteiger charge is -2.18. The molecular formula is C23H21BrF2N2O5. The summed E-state index contributed by atoms with van der Waals surface area (Å²) in [5, 5.41) is 21.4. The smallest absolute Gasteiger partial charge is 0.273 e. The molecule has 1 aromatic heterocycles. The molecule has 0 radical (unpaired) electrons. The predicted molar refractivity (Wildman–Crippen MR) is 121 cm³/mol. The van der Waals surface area contributed by atoms with Gasteiger partial charge in [0, 0.05) is 29.8 Å². The minimum atomic E-state index is -0.784. The van der Waals surface area contributed by atoms with Gasteiger partial charge in [-0.1, -0.05) is 6.07 Å². The summed E-state index contributed by atoms with van der Waals surface area (Å²) in [5.74, 6) is -1.86. The number of benzene rings is 2. The second-order valence-corrected chi connectivity index (χ2v) is 7.91. The Bertz CT molecular complexity index is 1250. The third-order valence-electron chi connectivity index (χ3n) is 4.86. The zero-order valence-corrected chi connectivity index (χ0v) is 19.2. The van der Waals surface area contributed by atoms with Crippen molar-refractivity contribution in [2.75, 3.05) is 13.2 Å². The molecule has 0 atom stereocenters. The molecule has 0 saturated carbocycles. The van der Waals surface area contributed by atoms with E-state index in [0.29, 0.717) is 11.3 Å². The number of carbonyl (C=O) groups is 1. The van der Waals surface area contributed by atoms with Crippen molar-refractivity contribution in [3.05, 3.63) is 91.3 Å². The molecule has 0 fully saturated rings. The lowest BCUT2D eigenvalue weighted by molar-refractivity contribution is 0.0944. The molecule has 7 nitrogen and oxygen atoms in total. The van der Waals surface area contributed by atoms with Gasteiger partial charge in [0.1, 0.15) is 28.5 Å². The van der Waals surface area contributed by atoms with Crippen molar-refractivity contribution in [1.82, 2.24) is 9.88 Å². The summed E-state index contributed by atoms with van der Waals surface area (Å²) in [4.78, 5) is 25.5. The van der Waals surface area contributed by atoms with Crippen LogP contribution in [0, 0.1) is 18.6 Å². The Morgan fingerprint density at radius 2 is 1.91 bits per heavy atom. The van der Waals surface area contributed by atoms with E-state index in [1.165, 1.54) is 22.8 Å². The van der Waals surface area contributed by atoms with E-state index in [0.717, 1.165) is 12.1 Å². The summed E-state index contributed by atoms with van der Waals surface area (Å²) in [6.07, 6.45) is 0. The van der Waals surface area contributed by atoms with E-state index >= 15 is 0 Å². The van der Waals surface area contributed by atoms with Crippen molar-refractivity contribution in [2.45, 2.75) is 20.1 Å². The zero-order valence-electron chi connectivity index (χ0n) is 17.6. The molecule has 10 heteroatoms. The molecule has 3 N–H and O–H groups in total. The average Bonchev–Trinajstić information content (AvgIpc) is 2.79. The van der Waals surface area contributed by atoms with E-state index < -0.39 is 29.7 Å². The van der Waals surface area contributed by atoms with Gasteiger partial charge in [-0.3, -0.25) is 14.2 Å². The molecule has 0 spiro atoms. The second kappa shape index (κ2) is 10.7. The number of aliphatic hydroxyl groups excluding tert-OH is 2. The Hall–Kier alpha value is -3.08. The first kappa shape index (κ1) is 24.6. The van der Waals surface area contributed by atoms with Crippen LogP contribution in [0.25, 0.3) is 5.69 Å². The van der Waals surface area contributed by atoms with E-state index in [9.17, 15) is 23.5 Å². The fourth-order valence-corrected chi connectivity index (χ4v) is 3.56. The first-order valence-electron chi connectivity index (χ1n) is 9.89. The third-order valence-corrected chi connectivity index (χ3v) is 5.59. The van der Waals surface area contributed by atoms with Crippen LogP contribution in [-0.2, 0) is 13.2 Å². The van der Waals surface area contributed by atoms with Gasteiger partial charge in [0.05, 0.1) is 24.6 Å². The molecule has 0 aliphatic heterocycles. The number of aliphatic hydroxyl groups is 2. The summed E-state index contributed by atoms with van der Waals surface area (Å²) < 4.78 is 33.9. The Morgan fingerprint density at radius 1 is 1.15 bits per heavy atom. The molecule has 1 heterocycles. The van der Waals surface area contributed by atoms with E-state index in [2.05, 4.69) is 21.2 Å². The molecule has 2 aromatic carbocycles. The fraction of sp³-hybridized carbons (Fsp3) is 0.217. The molecule has 0 aliphatic rings.